The lowest BCUT2D eigenvalue weighted by molar-refractivity contribution is -0.124. The van der Waals surface area contributed by atoms with Gasteiger partial charge in [-0.25, -0.2) is 0 Å². The van der Waals surface area contributed by atoms with Gasteiger partial charge in [0, 0.05) is 19.8 Å². The second kappa shape index (κ2) is 10.9. The van der Waals surface area contributed by atoms with Gasteiger partial charge in [0.25, 0.3) is 0 Å². The molecule has 1 heterocycles. The number of hydrogen-bond acceptors (Lipinski definition) is 4. The molecule has 0 spiro atoms. The molecule has 0 bridgehead atoms. The van der Waals surface area contributed by atoms with Crippen molar-refractivity contribution in [3.63, 3.8) is 0 Å². The summed E-state index contributed by atoms with van der Waals surface area (Å²) >= 11 is 0. The van der Waals surface area contributed by atoms with Crippen LogP contribution in [-0.4, -0.2) is 25.2 Å². The molecule has 1 fully saturated rings. The Balaban J connectivity index is 0.00000261. The number of carbonyl (C=O) groups is 1. The van der Waals surface area contributed by atoms with Crippen LogP contribution in [0.3, 0.4) is 0 Å². The molecular weight excluding hydrogens is 364 g/mol. The average Bonchev–Trinajstić information content (AvgIpc) is 2.71. The van der Waals surface area contributed by atoms with Crippen molar-refractivity contribution in [1.29, 1.82) is 0 Å². The van der Waals surface area contributed by atoms with Crippen LogP contribution >= 0.6 is 12.4 Å². The molecule has 3 N–H and O–H groups in total. The van der Waals surface area contributed by atoms with E-state index >= 15 is 0 Å². The third-order valence-electron chi connectivity index (χ3n) is 4.68. The van der Waals surface area contributed by atoms with Gasteiger partial charge in [-0.3, -0.25) is 4.79 Å². The molecule has 1 aliphatic heterocycles. The molecule has 1 saturated heterocycles. The van der Waals surface area contributed by atoms with Crippen molar-refractivity contribution in [1.82, 2.24) is 5.32 Å². The zero-order chi connectivity index (χ0) is 18.2. The zero-order valence-corrected chi connectivity index (χ0v) is 16.1. The number of nitrogens with one attached hydrogen (secondary N) is 1. The topological polar surface area (TPSA) is 73.6 Å². The SMILES string of the molecule is Cl.NC(C(=O)NCc1cccc(COc2ccccc2)c1)C1CCOCC1. The second-order valence-electron chi connectivity index (χ2n) is 6.62. The summed E-state index contributed by atoms with van der Waals surface area (Å²) in [5.41, 5.74) is 8.21. The average molecular weight is 391 g/mol. The lowest BCUT2D eigenvalue weighted by Crippen LogP contribution is -2.46. The molecule has 0 radical (unpaired) electrons. The van der Waals surface area contributed by atoms with Crippen molar-refractivity contribution < 1.29 is 14.3 Å². The minimum absolute atomic E-state index is 0. The lowest BCUT2D eigenvalue weighted by atomic mass is 9.92. The van der Waals surface area contributed by atoms with E-state index in [2.05, 4.69) is 5.32 Å². The molecule has 3 rings (SSSR count). The van der Waals surface area contributed by atoms with Crippen molar-refractivity contribution in [3.8, 4) is 5.75 Å². The number of nitrogens with two attached hydrogens (primary N) is 1. The Morgan fingerprint density at radius 3 is 2.56 bits per heavy atom. The molecule has 0 saturated carbocycles. The van der Waals surface area contributed by atoms with E-state index in [1.54, 1.807) is 0 Å². The highest BCUT2D eigenvalue weighted by atomic mass is 35.5. The van der Waals surface area contributed by atoms with Gasteiger partial charge in [-0.15, -0.1) is 12.4 Å². The minimum Gasteiger partial charge on any atom is -0.489 e. The summed E-state index contributed by atoms with van der Waals surface area (Å²) in [5, 5.41) is 2.95. The van der Waals surface area contributed by atoms with Crippen molar-refractivity contribution in [2.24, 2.45) is 11.7 Å². The van der Waals surface area contributed by atoms with E-state index in [0.29, 0.717) is 26.4 Å². The van der Waals surface area contributed by atoms with E-state index in [-0.39, 0.29) is 24.2 Å². The number of para-hydroxylation sites is 1. The molecule has 1 aliphatic rings. The van der Waals surface area contributed by atoms with Gasteiger partial charge >= 0.3 is 0 Å². The first-order valence-corrected chi connectivity index (χ1v) is 9.09. The van der Waals surface area contributed by atoms with E-state index in [0.717, 1.165) is 29.7 Å². The fourth-order valence-corrected chi connectivity index (χ4v) is 3.11. The number of carbonyl (C=O) groups excluding carboxylic acids is 1. The summed E-state index contributed by atoms with van der Waals surface area (Å²) in [6.45, 7) is 2.34. The van der Waals surface area contributed by atoms with Crippen LogP contribution in [0.4, 0.5) is 0 Å². The summed E-state index contributed by atoms with van der Waals surface area (Å²) < 4.78 is 11.1. The molecule has 0 aliphatic carbocycles. The molecule has 146 valence electrons. The van der Waals surface area contributed by atoms with E-state index in [9.17, 15) is 4.79 Å². The van der Waals surface area contributed by atoms with E-state index < -0.39 is 6.04 Å². The van der Waals surface area contributed by atoms with Gasteiger partial charge in [0.15, 0.2) is 0 Å². The first-order chi connectivity index (χ1) is 12.7. The van der Waals surface area contributed by atoms with Crippen molar-refractivity contribution in [2.45, 2.75) is 32.0 Å². The summed E-state index contributed by atoms with van der Waals surface area (Å²) in [5.74, 6) is 0.950. The van der Waals surface area contributed by atoms with Crippen LogP contribution in [0.25, 0.3) is 0 Å². The van der Waals surface area contributed by atoms with Crippen molar-refractivity contribution in [3.05, 3.63) is 65.7 Å². The fraction of sp³-hybridized carbons (Fsp3) is 0.381. The second-order valence-corrected chi connectivity index (χ2v) is 6.62. The van der Waals surface area contributed by atoms with Gasteiger partial charge in [0.2, 0.25) is 5.91 Å². The summed E-state index contributed by atoms with van der Waals surface area (Å²) in [6, 6.07) is 17.3. The molecule has 6 heteroatoms. The largest absolute Gasteiger partial charge is 0.489 e. The Morgan fingerprint density at radius 1 is 1.11 bits per heavy atom. The van der Waals surface area contributed by atoms with Crippen LogP contribution in [0.15, 0.2) is 54.6 Å². The highest BCUT2D eigenvalue weighted by Gasteiger charge is 2.26. The van der Waals surface area contributed by atoms with E-state index in [4.69, 9.17) is 15.2 Å². The molecule has 1 atom stereocenters. The van der Waals surface area contributed by atoms with Gasteiger partial charge in [-0.05, 0) is 42.0 Å². The number of rotatable bonds is 7. The lowest BCUT2D eigenvalue weighted by Gasteiger charge is -2.26. The quantitative estimate of drug-likeness (QED) is 0.762. The van der Waals surface area contributed by atoms with Crippen molar-refractivity contribution >= 4 is 18.3 Å². The molecule has 0 aromatic heterocycles. The molecule has 5 nitrogen and oxygen atoms in total. The predicted molar refractivity (Wildman–Crippen MR) is 108 cm³/mol. The summed E-state index contributed by atoms with van der Waals surface area (Å²) in [7, 11) is 0. The predicted octanol–water partition coefficient (Wildman–Crippen LogP) is 3.06. The molecule has 27 heavy (non-hydrogen) atoms. The summed E-state index contributed by atoms with van der Waals surface area (Å²) in [6.07, 6.45) is 1.70. The van der Waals surface area contributed by atoms with Crippen LogP contribution < -0.4 is 15.8 Å². The van der Waals surface area contributed by atoms with Gasteiger partial charge in [0.05, 0.1) is 6.04 Å². The maximum atomic E-state index is 12.3. The van der Waals surface area contributed by atoms with Gasteiger partial charge in [-0.1, -0.05) is 42.5 Å². The Bertz CT molecular complexity index is 706. The van der Waals surface area contributed by atoms with Crippen LogP contribution in [0.1, 0.15) is 24.0 Å². The van der Waals surface area contributed by atoms with Crippen LogP contribution in [-0.2, 0) is 22.7 Å². The molecule has 2 aromatic carbocycles. The van der Waals surface area contributed by atoms with Crippen LogP contribution in [0.2, 0.25) is 0 Å². The molecular formula is C21H27ClN2O3. The minimum atomic E-state index is -0.469. The van der Waals surface area contributed by atoms with E-state index in [1.165, 1.54) is 0 Å². The first kappa shape index (κ1) is 21.2. The fourth-order valence-electron chi connectivity index (χ4n) is 3.11. The molecule has 2 aromatic rings. The third-order valence-corrected chi connectivity index (χ3v) is 4.68. The Hall–Kier alpha value is -2.08. The van der Waals surface area contributed by atoms with E-state index in [1.807, 2.05) is 54.6 Å². The third kappa shape index (κ3) is 6.54. The van der Waals surface area contributed by atoms with Crippen molar-refractivity contribution in [2.75, 3.05) is 13.2 Å². The molecule has 1 unspecified atom stereocenters. The Labute approximate surface area is 166 Å². The first-order valence-electron chi connectivity index (χ1n) is 9.09. The standard InChI is InChI=1S/C21H26N2O3.ClH/c22-20(18-9-11-25-12-10-18)21(24)23-14-16-5-4-6-17(13-16)15-26-19-7-2-1-3-8-19;/h1-8,13,18,20H,9-12,14-15,22H2,(H,23,24);1H. The van der Waals surface area contributed by atoms with Crippen LogP contribution in [0, 0.1) is 5.92 Å². The van der Waals surface area contributed by atoms with Crippen LogP contribution in [0.5, 0.6) is 5.75 Å². The molecule has 1 amide bonds. The highest BCUT2D eigenvalue weighted by molar-refractivity contribution is 5.85. The maximum absolute atomic E-state index is 12.3. The monoisotopic (exact) mass is 390 g/mol. The highest BCUT2D eigenvalue weighted by Crippen LogP contribution is 2.18. The normalized spacial score (nSPS) is 15.4. The number of ether oxygens (including phenoxy) is 2. The number of amides is 1. The number of hydrogen-bond donors (Lipinski definition) is 2. The van der Waals surface area contributed by atoms with Gasteiger partial charge in [-0.2, -0.15) is 0 Å². The van der Waals surface area contributed by atoms with Gasteiger partial charge in [0.1, 0.15) is 12.4 Å². The number of halogens is 1. The smallest absolute Gasteiger partial charge is 0.237 e. The Morgan fingerprint density at radius 2 is 1.81 bits per heavy atom. The van der Waals surface area contributed by atoms with Gasteiger partial charge < -0.3 is 20.5 Å². The number of benzene rings is 2. The Kier molecular flexibility index (Phi) is 8.58. The zero-order valence-electron chi connectivity index (χ0n) is 15.3. The maximum Gasteiger partial charge on any atom is 0.237 e. The summed E-state index contributed by atoms with van der Waals surface area (Å²) in [4.78, 5) is 12.3.